The van der Waals surface area contributed by atoms with Crippen LogP contribution in [0.2, 0.25) is 0 Å². The first-order chi connectivity index (χ1) is 22.2. The molecule has 0 bridgehead atoms. The molecule has 2 fully saturated rings. The topological polar surface area (TPSA) is 118 Å². The summed E-state index contributed by atoms with van der Waals surface area (Å²) >= 11 is 1.67. The van der Waals surface area contributed by atoms with E-state index in [1.165, 1.54) is 28.1 Å². The number of aromatic hydroxyl groups is 1. The average molecular weight is 645 g/mol. The zero-order valence-electron chi connectivity index (χ0n) is 26.6. The number of aromatic amines is 1. The fraction of sp³-hybridized carbons (Fsp3) is 0.444. The van der Waals surface area contributed by atoms with Gasteiger partial charge >= 0.3 is 0 Å². The van der Waals surface area contributed by atoms with Gasteiger partial charge in [0.25, 0.3) is 5.91 Å². The highest BCUT2D eigenvalue weighted by molar-refractivity contribution is 7.10. The molecule has 2 aliphatic rings. The van der Waals surface area contributed by atoms with Crippen molar-refractivity contribution in [2.75, 3.05) is 45.9 Å². The molecule has 2 saturated heterocycles. The third-order valence-corrected chi connectivity index (χ3v) is 10.6. The van der Waals surface area contributed by atoms with Crippen molar-refractivity contribution in [1.29, 1.82) is 0 Å². The van der Waals surface area contributed by atoms with Gasteiger partial charge in [-0.05, 0) is 66.6 Å². The molecule has 244 valence electrons. The van der Waals surface area contributed by atoms with Crippen molar-refractivity contribution in [2.24, 2.45) is 0 Å². The minimum Gasteiger partial charge on any atom is -0.506 e. The van der Waals surface area contributed by atoms with E-state index in [0.29, 0.717) is 55.2 Å². The number of thiophene rings is 1. The van der Waals surface area contributed by atoms with Crippen molar-refractivity contribution in [3.8, 4) is 5.75 Å². The number of phenols is 1. The second-order valence-electron chi connectivity index (χ2n) is 13.0. The number of aromatic nitrogens is 1. The summed E-state index contributed by atoms with van der Waals surface area (Å²) in [4.78, 5) is 33.4. The lowest BCUT2D eigenvalue weighted by Crippen LogP contribution is -2.57. The van der Waals surface area contributed by atoms with Crippen LogP contribution >= 0.6 is 11.3 Å². The molecule has 10 heteroatoms. The molecule has 2 aromatic heterocycles. The summed E-state index contributed by atoms with van der Waals surface area (Å²) in [5.74, 6) is 0.536. The molecule has 46 heavy (non-hydrogen) atoms. The van der Waals surface area contributed by atoms with E-state index in [9.17, 15) is 19.8 Å². The van der Waals surface area contributed by atoms with Crippen LogP contribution < -0.4 is 10.9 Å². The van der Waals surface area contributed by atoms with Crippen molar-refractivity contribution in [1.82, 2.24) is 20.1 Å². The number of pyridine rings is 1. The van der Waals surface area contributed by atoms with Gasteiger partial charge in [0.1, 0.15) is 5.75 Å². The number of nitrogens with zero attached hydrogens (tertiary/aromatic N) is 2. The summed E-state index contributed by atoms with van der Waals surface area (Å²) in [6.07, 6.45) is 1.87. The number of piperidine rings is 1. The fourth-order valence-electron chi connectivity index (χ4n) is 6.66. The number of amides is 1. The molecule has 4 N–H and O–H groups in total. The number of hydrogen-bond acceptors (Lipinski definition) is 8. The number of H-pyrrole nitrogens is 1. The molecular formula is C36H44N4O5S. The predicted octanol–water partition coefficient (Wildman–Crippen LogP) is 4.79. The molecule has 2 aliphatic heterocycles. The van der Waals surface area contributed by atoms with Crippen LogP contribution in [0.5, 0.6) is 5.75 Å². The Hall–Kier alpha value is -3.54. The Bertz CT molecular complexity index is 1720. The molecule has 0 saturated carbocycles. The van der Waals surface area contributed by atoms with Gasteiger partial charge in [-0.2, -0.15) is 0 Å². The van der Waals surface area contributed by atoms with E-state index in [-0.39, 0.29) is 22.8 Å². The summed E-state index contributed by atoms with van der Waals surface area (Å²) in [5, 5.41) is 26.9. The molecule has 9 nitrogen and oxygen atoms in total. The van der Waals surface area contributed by atoms with Gasteiger partial charge < -0.3 is 30.2 Å². The first-order valence-corrected chi connectivity index (χ1v) is 17.1. The Kier molecular flexibility index (Phi) is 9.91. The molecular weight excluding hydrogens is 600 g/mol. The van der Waals surface area contributed by atoms with E-state index >= 15 is 0 Å². The summed E-state index contributed by atoms with van der Waals surface area (Å²) in [6.45, 7) is 10.0. The summed E-state index contributed by atoms with van der Waals surface area (Å²) in [5.41, 5.74) is 3.75. The number of aliphatic hydroxyl groups is 1. The highest BCUT2D eigenvalue weighted by Gasteiger charge is 2.41. The third-order valence-electron chi connectivity index (χ3n) is 9.33. The highest BCUT2D eigenvalue weighted by Crippen LogP contribution is 2.33. The van der Waals surface area contributed by atoms with E-state index in [1.54, 1.807) is 23.5 Å². The number of ether oxygens (including phenoxy) is 1. The number of fused-ring (bicyclic) bond motifs is 1. The molecule has 0 radical (unpaired) electrons. The van der Waals surface area contributed by atoms with Gasteiger partial charge in [-0.15, -0.1) is 11.3 Å². The first kappa shape index (κ1) is 32.4. The molecule has 6 rings (SSSR count). The van der Waals surface area contributed by atoms with E-state index < -0.39 is 6.10 Å². The highest BCUT2D eigenvalue weighted by atomic mass is 32.1. The summed E-state index contributed by atoms with van der Waals surface area (Å²) < 4.78 is 6.35. The lowest BCUT2D eigenvalue weighted by molar-refractivity contribution is -0.127. The number of hydrogen-bond donors (Lipinski definition) is 4. The number of carbonyl (C=O) groups is 1. The third kappa shape index (κ3) is 7.37. The second kappa shape index (κ2) is 14.1. The molecule has 1 spiro atoms. The minimum absolute atomic E-state index is 0.0176. The molecule has 4 aromatic rings. The zero-order valence-corrected chi connectivity index (χ0v) is 27.4. The number of aliphatic hydroxyl groups excluding tert-OH is 1. The molecule has 1 amide bonds. The molecule has 0 aliphatic carbocycles. The molecule has 1 atom stereocenters. The zero-order chi connectivity index (χ0) is 32.3. The van der Waals surface area contributed by atoms with Crippen LogP contribution in [0.15, 0.2) is 64.8 Å². The van der Waals surface area contributed by atoms with Crippen molar-refractivity contribution in [3.63, 3.8) is 0 Å². The molecule has 2 aromatic carbocycles. The van der Waals surface area contributed by atoms with E-state index in [2.05, 4.69) is 59.4 Å². The number of nitrogens with one attached hydrogen (secondary N) is 2. The van der Waals surface area contributed by atoms with Crippen LogP contribution in [-0.4, -0.2) is 82.4 Å². The van der Waals surface area contributed by atoms with Crippen molar-refractivity contribution >= 4 is 28.1 Å². The average Bonchev–Trinajstić information content (AvgIpc) is 3.56. The van der Waals surface area contributed by atoms with Gasteiger partial charge in [-0.1, -0.05) is 44.2 Å². The lowest BCUT2D eigenvalue weighted by atomic mass is 9.89. The van der Waals surface area contributed by atoms with Gasteiger partial charge in [0.05, 0.1) is 35.9 Å². The molecule has 0 unspecified atom stereocenters. The summed E-state index contributed by atoms with van der Waals surface area (Å²) in [6, 6.07) is 17.0. The maximum absolute atomic E-state index is 13.3. The van der Waals surface area contributed by atoms with E-state index in [1.807, 2.05) is 10.3 Å². The number of benzene rings is 2. The minimum atomic E-state index is -0.783. The number of rotatable bonds is 10. The lowest BCUT2D eigenvalue weighted by Gasteiger charge is -2.47. The van der Waals surface area contributed by atoms with Crippen LogP contribution in [0.1, 0.15) is 70.6 Å². The number of likely N-dealkylation sites (tertiary alicyclic amines) is 1. The van der Waals surface area contributed by atoms with Gasteiger partial charge in [0, 0.05) is 54.4 Å². The van der Waals surface area contributed by atoms with Gasteiger partial charge in [-0.3, -0.25) is 14.5 Å². The SMILES string of the molecule is CC(C)c1cc(C(=O)N2CCOC3(CCN(Cc4cccc(CCNC[C@H](O)c5ccc(O)c6[nH]c(=O)ccc56)c4)CC3)C2)cs1. The first-order valence-electron chi connectivity index (χ1n) is 16.3. The van der Waals surface area contributed by atoms with Gasteiger partial charge in [0.15, 0.2) is 0 Å². The van der Waals surface area contributed by atoms with Crippen molar-refractivity contribution in [3.05, 3.63) is 97.5 Å². The van der Waals surface area contributed by atoms with Crippen LogP contribution in [0.25, 0.3) is 10.9 Å². The standard InChI is InChI=1S/C36H44N4O5S/c1-24(2)32-19-27(22-46-32)35(44)40-16-17-45-36(23-40)11-14-39(15-12-36)21-26-5-3-4-25(18-26)10-13-37-20-31(42)28-6-8-30(41)34-29(28)7-9-33(43)38-34/h3-9,18-19,22,24,31,37,41-42H,10-17,20-21,23H2,1-2H3,(H,38,43)/t31-/m0/s1. The van der Waals surface area contributed by atoms with Crippen molar-refractivity contribution in [2.45, 2.75) is 57.3 Å². The summed E-state index contributed by atoms with van der Waals surface area (Å²) in [7, 11) is 0. The predicted molar refractivity (Wildman–Crippen MR) is 182 cm³/mol. The Morgan fingerprint density at radius 3 is 2.67 bits per heavy atom. The molecule has 4 heterocycles. The fourth-order valence-corrected chi connectivity index (χ4v) is 7.56. The van der Waals surface area contributed by atoms with Crippen molar-refractivity contribution < 1.29 is 19.7 Å². The van der Waals surface area contributed by atoms with Crippen LogP contribution in [0.3, 0.4) is 0 Å². The number of carbonyl (C=O) groups excluding carboxylic acids is 1. The van der Waals surface area contributed by atoms with Crippen LogP contribution in [0.4, 0.5) is 0 Å². The Balaban J connectivity index is 0.970. The smallest absolute Gasteiger partial charge is 0.254 e. The van der Waals surface area contributed by atoms with Gasteiger partial charge in [0.2, 0.25) is 5.56 Å². The quantitative estimate of drug-likeness (QED) is 0.183. The largest absolute Gasteiger partial charge is 0.506 e. The number of morpholine rings is 1. The van der Waals surface area contributed by atoms with E-state index in [0.717, 1.165) is 44.5 Å². The Labute approximate surface area is 273 Å². The van der Waals surface area contributed by atoms with E-state index in [4.69, 9.17) is 4.74 Å². The normalized spacial score (nSPS) is 17.6. The number of phenolic OH excluding ortho intramolecular Hbond substituents is 1. The monoisotopic (exact) mass is 644 g/mol. The second-order valence-corrected chi connectivity index (χ2v) is 13.9. The Morgan fingerprint density at radius 2 is 1.89 bits per heavy atom. The van der Waals surface area contributed by atoms with Crippen LogP contribution in [-0.2, 0) is 17.7 Å². The Morgan fingerprint density at radius 1 is 1.09 bits per heavy atom. The van der Waals surface area contributed by atoms with Gasteiger partial charge in [-0.25, -0.2) is 0 Å². The van der Waals surface area contributed by atoms with Crippen LogP contribution in [0, 0.1) is 0 Å². The maximum atomic E-state index is 13.3. The maximum Gasteiger partial charge on any atom is 0.254 e.